The number of hydrogen-bond donors (Lipinski definition) is 5. The Kier molecular flexibility index (Phi) is 11.3. The predicted molar refractivity (Wildman–Crippen MR) is 132 cm³/mol. The van der Waals surface area contributed by atoms with Crippen LogP contribution in [0.4, 0.5) is 0 Å². The number of carboxylic acids is 1. The van der Waals surface area contributed by atoms with Crippen molar-refractivity contribution in [2.24, 2.45) is 16.5 Å². The molecule has 0 saturated carbocycles. The van der Waals surface area contributed by atoms with Gasteiger partial charge in [0.05, 0.1) is 12.5 Å². The molecule has 2 rings (SSSR count). The molecule has 1 fully saturated rings. The molecule has 0 bridgehead atoms. The summed E-state index contributed by atoms with van der Waals surface area (Å²) in [5.41, 5.74) is 11.5. The lowest BCUT2D eigenvalue weighted by Crippen LogP contribution is -2.55. The van der Waals surface area contributed by atoms with E-state index in [9.17, 15) is 29.1 Å². The molecule has 1 aromatic rings. The molecular weight excluding hydrogens is 468 g/mol. The number of hydrogen-bond acceptors (Lipinski definition) is 6. The monoisotopic (exact) mass is 502 g/mol. The van der Waals surface area contributed by atoms with Crippen LogP contribution in [-0.4, -0.2) is 77.2 Å². The molecule has 1 saturated heterocycles. The van der Waals surface area contributed by atoms with E-state index in [0.29, 0.717) is 44.9 Å². The molecule has 196 valence electrons. The Labute approximate surface area is 209 Å². The number of carbonyl (C=O) groups is 5. The van der Waals surface area contributed by atoms with Gasteiger partial charge in [0.15, 0.2) is 5.96 Å². The SMILES string of the molecule is NC(N)=NCCC[C@@H](C=O)NC(=O)[C@H]1CCCN1C(=O)[C@H](CC(=O)O)NC(=O)CCc1ccccc1. The van der Waals surface area contributed by atoms with Crippen LogP contribution < -0.4 is 22.1 Å². The Balaban J connectivity index is 1.98. The fraction of sp³-hybridized carbons (Fsp3) is 0.500. The minimum Gasteiger partial charge on any atom is -0.481 e. The van der Waals surface area contributed by atoms with E-state index < -0.39 is 48.2 Å². The molecule has 1 aliphatic heterocycles. The molecule has 1 heterocycles. The van der Waals surface area contributed by atoms with E-state index in [1.165, 1.54) is 4.90 Å². The molecule has 3 atom stereocenters. The lowest BCUT2D eigenvalue weighted by Gasteiger charge is -2.29. The Morgan fingerprint density at radius 3 is 2.53 bits per heavy atom. The average Bonchev–Trinajstić information content (AvgIpc) is 3.34. The number of aliphatic imine (C=N–C) groups is 1. The molecule has 0 spiro atoms. The third-order valence-electron chi connectivity index (χ3n) is 5.79. The molecule has 1 aromatic carbocycles. The van der Waals surface area contributed by atoms with Gasteiger partial charge in [-0.25, -0.2) is 0 Å². The van der Waals surface area contributed by atoms with Crippen LogP contribution >= 0.6 is 0 Å². The molecule has 0 radical (unpaired) electrons. The van der Waals surface area contributed by atoms with Crippen molar-refractivity contribution in [3.05, 3.63) is 35.9 Å². The lowest BCUT2D eigenvalue weighted by atomic mass is 10.1. The number of nitrogens with zero attached hydrogens (tertiary/aromatic N) is 2. The minimum atomic E-state index is -1.30. The highest BCUT2D eigenvalue weighted by Crippen LogP contribution is 2.20. The number of nitrogens with one attached hydrogen (secondary N) is 2. The first kappa shape index (κ1) is 28.3. The van der Waals surface area contributed by atoms with E-state index >= 15 is 0 Å². The summed E-state index contributed by atoms with van der Waals surface area (Å²) in [6, 6.07) is 6.34. The lowest BCUT2D eigenvalue weighted by molar-refractivity contribution is -0.146. The van der Waals surface area contributed by atoms with Gasteiger partial charge in [0.2, 0.25) is 17.7 Å². The highest BCUT2D eigenvalue weighted by molar-refractivity contribution is 5.95. The number of aryl methyl sites for hydroxylation is 1. The van der Waals surface area contributed by atoms with Crippen LogP contribution in [0, 0.1) is 0 Å². The number of carboxylic acid groups (broad SMARTS) is 1. The van der Waals surface area contributed by atoms with Crippen LogP contribution in [-0.2, 0) is 30.4 Å². The number of amides is 3. The van der Waals surface area contributed by atoms with Gasteiger partial charge < -0.3 is 36.9 Å². The second-order valence-electron chi connectivity index (χ2n) is 8.59. The summed E-state index contributed by atoms with van der Waals surface area (Å²) < 4.78 is 0. The zero-order valence-corrected chi connectivity index (χ0v) is 20.1. The number of likely N-dealkylation sites (tertiary alicyclic amines) is 1. The first-order valence-electron chi connectivity index (χ1n) is 11.9. The smallest absolute Gasteiger partial charge is 0.305 e. The van der Waals surface area contributed by atoms with Crippen molar-refractivity contribution in [2.45, 2.75) is 63.1 Å². The highest BCUT2D eigenvalue weighted by atomic mass is 16.4. The number of rotatable bonds is 14. The summed E-state index contributed by atoms with van der Waals surface area (Å²) in [5.74, 6) is -2.92. The third-order valence-corrected chi connectivity index (χ3v) is 5.79. The molecule has 7 N–H and O–H groups in total. The first-order chi connectivity index (χ1) is 17.2. The van der Waals surface area contributed by atoms with Crippen molar-refractivity contribution in [3.63, 3.8) is 0 Å². The van der Waals surface area contributed by atoms with Crippen LogP contribution in [0.15, 0.2) is 35.3 Å². The molecule has 0 unspecified atom stereocenters. The zero-order valence-electron chi connectivity index (χ0n) is 20.1. The van der Waals surface area contributed by atoms with Gasteiger partial charge in [-0.3, -0.25) is 24.2 Å². The summed E-state index contributed by atoms with van der Waals surface area (Å²) in [6.07, 6.45) is 2.18. The Bertz CT molecular complexity index is 950. The van der Waals surface area contributed by atoms with Gasteiger partial charge in [-0.2, -0.15) is 0 Å². The number of aldehydes is 1. The quantitative estimate of drug-likeness (QED) is 0.0952. The first-order valence-corrected chi connectivity index (χ1v) is 11.9. The van der Waals surface area contributed by atoms with E-state index in [4.69, 9.17) is 11.5 Å². The van der Waals surface area contributed by atoms with Crippen LogP contribution in [0.2, 0.25) is 0 Å². The van der Waals surface area contributed by atoms with E-state index in [-0.39, 0.29) is 18.9 Å². The van der Waals surface area contributed by atoms with Crippen LogP contribution in [0.1, 0.15) is 44.1 Å². The number of guanidine groups is 1. The summed E-state index contributed by atoms with van der Waals surface area (Å²) in [7, 11) is 0. The molecule has 0 aromatic heterocycles. The van der Waals surface area contributed by atoms with E-state index in [2.05, 4.69) is 15.6 Å². The molecule has 12 heteroatoms. The van der Waals surface area contributed by atoms with E-state index in [0.717, 1.165) is 5.56 Å². The van der Waals surface area contributed by atoms with Gasteiger partial charge in [0.1, 0.15) is 18.4 Å². The maximum Gasteiger partial charge on any atom is 0.305 e. The van der Waals surface area contributed by atoms with Crippen molar-refractivity contribution >= 4 is 35.9 Å². The molecule has 1 aliphatic rings. The molecule has 12 nitrogen and oxygen atoms in total. The number of carbonyl (C=O) groups excluding carboxylic acids is 4. The molecule has 0 aliphatic carbocycles. The van der Waals surface area contributed by atoms with Crippen molar-refractivity contribution in [1.29, 1.82) is 0 Å². The van der Waals surface area contributed by atoms with Gasteiger partial charge in [-0.05, 0) is 37.7 Å². The largest absolute Gasteiger partial charge is 0.481 e. The maximum absolute atomic E-state index is 13.2. The second-order valence-corrected chi connectivity index (χ2v) is 8.59. The van der Waals surface area contributed by atoms with Crippen molar-refractivity contribution < 1.29 is 29.1 Å². The van der Waals surface area contributed by atoms with Crippen LogP contribution in [0.5, 0.6) is 0 Å². The van der Waals surface area contributed by atoms with E-state index in [1.54, 1.807) is 0 Å². The van der Waals surface area contributed by atoms with Gasteiger partial charge in [-0.1, -0.05) is 30.3 Å². The summed E-state index contributed by atoms with van der Waals surface area (Å²) in [5, 5.41) is 14.4. The maximum atomic E-state index is 13.2. The van der Waals surface area contributed by atoms with Gasteiger partial charge >= 0.3 is 5.97 Å². The highest BCUT2D eigenvalue weighted by Gasteiger charge is 2.38. The summed E-state index contributed by atoms with van der Waals surface area (Å²) >= 11 is 0. The number of benzene rings is 1. The molecule has 3 amide bonds. The van der Waals surface area contributed by atoms with Gasteiger partial charge in [-0.15, -0.1) is 0 Å². The van der Waals surface area contributed by atoms with Crippen LogP contribution in [0.25, 0.3) is 0 Å². The molecular formula is C24H34N6O6. The standard InChI is InChI=1S/C24H34N6O6/c25-24(26)27-12-4-8-17(15-31)28-22(35)19-9-5-13-30(19)23(36)18(14-21(33)34)29-20(32)11-10-16-6-2-1-3-7-16/h1-3,6-7,15,17-19H,4-5,8-14H2,(H,28,35)(H,29,32)(H,33,34)(H4,25,26,27)/t17-,18-,19+/m0/s1. The molecule has 36 heavy (non-hydrogen) atoms. The topological polar surface area (TPSA) is 197 Å². The fourth-order valence-corrected chi connectivity index (χ4v) is 4.02. The van der Waals surface area contributed by atoms with Crippen molar-refractivity contribution in [3.8, 4) is 0 Å². The van der Waals surface area contributed by atoms with E-state index in [1.807, 2.05) is 30.3 Å². The Hall–Kier alpha value is -3.96. The average molecular weight is 503 g/mol. The van der Waals surface area contributed by atoms with Gasteiger partial charge in [0.25, 0.3) is 0 Å². The second kappa shape index (κ2) is 14.4. The van der Waals surface area contributed by atoms with Crippen molar-refractivity contribution in [2.75, 3.05) is 13.1 Å². The normalized spacial score (nSPS) is 16.4. The zero-order chi connectivity index (χ0) is 26.5. The predicted octanol–water partition coefficient (Wildman–Crippen LogP) is -0.693. The summed E-state index contributed by atoms with van der Waals surface area (Å²) in [6.45, 7) is 0.542. The minimum absolute atomic E-state index is 0.0649. The van der Waals surface area contributed by atoms with Crippen LogP contribution in [0.3, 0.4) is 0 Å². The Morgan fingerprint density at radius 1 is 1.17 bits per heavy atom. The van der Waals surface area contributed by atoms with Gasteiger partial charge in [0, 0.05) is 19.5 Å². The van der Waals surface area contributed by atoms with Crippen molar-refractivity contribution in [1.82, 2.24) is 15.5 Å². The third kappa shape index (κ3) is 9.35. The fourth-order valence-electron chi connectivity index (χ4n) is 4.02. The number of aliphatic carboxylic acids is 1. The Morgan fingerprint density at radius 2 is 1.89 bits per heavy atom. The summed E-state index contributed by atoms with van der Waals surface area (Å²) in [4.78, 5) is 66.5. The number of nitrogens with two attached hydrogens (primary N) is 2.